The summed E-state index contributed by atoms with van der Waals surface area (Å²) in [7, 11) is 0. The number of fused-ring (bicyclic) bond motifs is 10. The fourth-order valence-electron chi connectivity index (χ4n) is 9.46. The molecule has 0 unspecified atom stereocenters. The van der Waals surface area contributed by atoms with Crippen LogP contribution in [0.1, 0.15) is 69.4 Å². The number of rotatable bonds is 3. The third kappa shape index (κ3) is 5.11. The second-order valence-electron chi connectivity index (χ2n) is 16.2. The molecule has 276 valence electrons. The van der Waals surface area contributed by atoms with E-state index >= 15 is 0 Å². The first-order chi connectivity index (χ1) is 27.7. The summed E-state index contributed by atoms with van der Waals surface area (Å²) in [5, 5.41) is 6.48. The molecule has 9 aromatic rings. The van der Waals surface area contributed by atoms with Crippen molar-refractivity contribution in [2.75, 3.05) is 0 Å². The molecular weight excluding hydrogens is 695 g/mol. The fraction of sp³-hybridized carbons (Fsp3) is 0.173. The Morgan fingerprint density at radius 2 is 0.912 bits per heavy atom. The van der Waals surface area contributed by atoms with Crippen LogP contribution in [0.25, 0.3) is 88.7 Å². The average molecular weight is 738 g/mol. The second-order valence-corrected chi connectivity index (χ2v) is 16.2. The van der Waals surface area contributed by atoms with Crippen LogP contribution in [0.4, 0.5) is 0 Å². The topological polar surface area (TPSA) is 64.5 Å². The molecule has 6 aromatic carbocycles. The van der Waals surface area contributed by atoms with Crippen LogP contribution >= 0.6 is 0 Å². The molecule has 3 heterocycles. The normalized spacial score (nSPS) is 14.2. The number of nitrogens with zero attached hydrogens (tertiary/aromatic N) is 5. The Morgan fingerprint density at radius 3 is 1.54 bits per heavy atom. The molecule has 0 aliphatic heterocycles. The van der Waals surface area contributed by atoms with Gasteiger partial charge in [-0.25, -0.2) is 15.0 Å². The number of hydrogen-bond acceptors (Lipinski definition) is 5. The van der Waals surface area contributed by atoms with Crippen molar-refractivity contribution < 1.29 is 0 Å². The zero-order valence-corrected chi connectivity index (χ0v) is 33.4. The van der Waals surface area contributed by atoms with E-state index in [-0.39, 0.29) is 10.8 Å². The van der Waals surface area contributed by atoms with Crippen LogP contribution in [0.3, 0.4) is 0 Å². The number of benzene rings is 6. The van der Waals surface area contributed by atoms with Crippen LogP contribution in [0.2, 0.25) is 0 Å². The first-order valence-corrected chi connectivity index (χ1v) is 20.0. The van der Waals surface area contributed by atoms with Crippen molar-refractivity contribution in [1.29, 1.82) is 0 Å². The molecule has 11 rings (SSSR count). The summed E-state index contributed by atoms with van der Waals surface area (Å²) in [5.74, 6) is 1.86. The van der Waals surface area contributed by atoms with Crippen molar-refractivity contribution in [3.8, 4) is 56.4 Å². The Balaban J connectivity index is 0.00000195. The molecule has 3 aromatic heterocycles. The number of aromatic nitrogens is 5. The second kappa shape index (κ2) is 12.7. The first kappa shape index (κ1) is 34.9. The molecule has 0 saturated carbocycles. The highest BCUT2D eigenvalue weighted by Gasteiger charge is 2.42. The van der Waals surface area contributed by atoms with Gasteiger partial charge in [0.25, 0.3) is 0 Å². The van der Waals surface area contributed by atoms with Gasteiger partial charge in [0.15, 0.2) is 17.5 Å². The largest absolute Gasteiger partial charge is 0.264 e. The van der Waals surface area contributed by atoms with Gasteiger partial charge in [0.05, 0.1) is 0 Å². The maximum absolute atomic E-state index is 5.34. The van der Waals surface area contributed by atoms with Crippen molar-refractivity contribution in [3.63, 3.8) is 0 Å². The highest BCUT2D eigenvalue weighted by Crippen LogP contribution is 2.58. The minimum atomic E-state index is -0.267. The van der Waals surface area contributed by atoms with Crippen molar-refractivity contribution in [1.82, 2.24) is 24.9 Å². The smallest absolute Gasteiger partial charge is 0.164 e. The van der Waals surface area contributed by atoms with Crippen molar-refractivity contribution in [3.05, 3.63) is 162 Å². The van der Waals surface area contributed by atoms with E-state index in [1.54, 1.807) is 0 Å². The minimum Gasteiger partial charge on any atom is -0.264 e. The van der Waals surface area contributed by atoms with Crippen LogP contribution in [-0.4, -0.2) is 24.9 Å². The monoisotopic (exact) mass is 737 g/mol. The summed E-state index contributed by atoms with van der Waals surface area (Å²) in [5.41, 5.74) is 14.5. The minimum absolute atomic E-state index is 0.0969. The molecule has 0 atom stereocenters. The zero-order chi connectivity index (χ0) is 39.2. The van der Waals surface area contributed by atoms with E-state index in [9.17, 15) is 0 Å². The molecular formula is C52H43N5. The predicted octanol–water partition coefficient (Wildman–Crippen LogP) is 13.1. The lowest BCUT2D eigenvalue weighted by atomic mass is 9.79. The Kier molecular flexibility index (Phi) is 7.78. The summed E-state index contributed by atoms with van der Waals surface area (Å²) >= 11 is 0. The van der Waals surface area contributed by atoms with Gasteiger partial charge < -0.3 is 0 Å². The Labute approximate surface area is 333 Å². The van der Waals surface area contributed by atoms with Crippen molar-refractivity contribution in [2.24, 2.45) is 0 Å². The number of pyridine rings is 2. The molecule has 5 nitrogen and oxygen atoms in total. The molecule has 0 saturated heterocycles. The van der Waals surface area contributed by atoms with E-state index in [4.69, 9.17) is 15.0 Å². The molecule has 0 amide bonds. The van der Waals surface area contributed by atoms with E-state index in [0.717, 1.165) is 43.6 Å². The molecule has 0 radical (unpaired) electrons. The van der Waals surface area contributed by atoms with Crippen LogP contribution in [-0.2, 0) is 10.8 Å². The standard InChI is InChI=1S/C50H37N5.C2H6/c1-28-16-17-32-36-23-43-38(25-42(36)49(2,3)41(32)22-28)45-33-13-7-6-12-31(33)37(24-44(45)50(43,4)5)48-54-46(34-14-8-10-29-18-20-51-26-39(29)34)53-47(55-48)35-15-9-11-30-19-21-52-27-40(30)35;1-2/h6-27H,1-5H3;1-2H3. The van der Waals surface area contributed by atoms with E-state index in [1.165, 1.54) is 55.5 Å². The Hall–Kier alpha value is -6.59. The summed E-state index contributed by atoms with van der Waals surface area (Å²) in [6.07, 6.45) is 7.45. The zero-order valence-electron chi connectivity index (χ0n) is 33.4. The highest BCUT2D eigenvalue weighted by atomic mass is 15.0. The lowest BCUT2D eigenvalue weighted by Gasteiger charge is -2.24. The van der Waals surface area contributed by atoms with Gasteiger partial charge in [-0.2, -0.15) is 0 Å². The summed E-state index contributed by atoms with van der Waals surface area (Å²) in [4.78, 5) is 24.9. The predicted molar refractivity (Wildman–Crippen MR) is 235 cm³/mol. The van der Waals surface area contributed by atoms with Crippen molar-refractivity contribution >= 4 is 32.3 Å². The maximum atomic E-state index is 5.34. The van der Waals surface area contributed by atoms with Gasteiger partial charge >= 0.3 is 0 Å². The van der Waals surface area contributed by atoms with Gasteiger partial charge in [0, 0.05) is 63.1 Å². The Morgan fingerprint density at radius 1 is 0.404 bits per heavy atom. The molecule has 57 heavy (non-hydrogen) atoms. The maximum Gasteiger partial charge on any atom is 0.164 e. The molecule has 5 heteroatoms. The van der Waals surface area contributed by atoms with Gasteiger partial charge in [-0.15, -0.1) is 0 Å². The summed E-state index contributed by atoms with van der Waals surface area (Å²) in [6.45, 7) is 15.7. The fourth-order valence-corrected chi connectivity index (χ4v) is 9.46. The van der Waals surface area contributed by atoms with Crippen LogP contribution in [0.15, 0.2) is 134 Å². The molecule has 0 spiro atoms. The third-order valence-corrected chi connectivity index (χ3v) is 12.4. The molecule has 0 fully saturated rings. The lowest BCUT2D eigenvalue weighted by Crippen LogP contribution is -2.17. The number of hydrogen-bond donors (Lipinski definition) is 0. The molecule has 2 aliphatic rings. The van der Waals surface area contributed by atoms with E-state index in [0.29, 0.717) is 17.5 Å². The van der Waals surface area contributed by atoms with E-state index < -0.39 is 0 Å². The third-order valence-electron chi connectivity index (χ3n) is 12.4. The quantitative estimate of drug-likeness (QED) is 0.181. The van der Waals surface area contributed by atoms with Gasteiger partial charge in [-0.3, -0.25) is 9.97 Å². The van der Waals surface area contributed by atoms with Gasteiger partial charge in [0.2, 0.25) is 0 Å². The van der Waals surface area contributed by atoms with Gasteiger partial charge in [-0.05, 0) is 103 Å². The van der Waals surface area contributed by atoms with Gasteiger partial charge in [0.1, 0.15) is 0 Å². The number of aryl methyl sites for hydroxylation is 1. The summed E-state index contributed by atoms with van der Waals surface area (Å²) < 4.78 is 0. The summed E-state index contributed by atoms with van der Waals surface area (Å²) in [6, 6.07) is 39.6. The molecule has 0 bridgehead atoms. The van der Waals surface area contributed by atoms with E-state index in [2.05, 4.69) is 142 Å². The van der Waals surface area contributed by atoms with E-state index in [1.807, 2.05) is 50.8 Å². The Bertz CT molecular complexity index is 3010. The highest BCUT2D eigenvalue weighted by molar-refractivity contribution is 6.09. The van der Waals surface area contributed by atoms with Crippen LogP contribution in [0, 0.1) is 6.92 Å². The van der Waals surface area contributed by atoms with Crippen LogP contribution in [0.5, 0.6) is 0 Å². The van der Waals surface area contributed by atoms with Crippen LogP contribution < -0.4 is 0 Å². The average Bonchev–Trinajstić information content (AvgIpc) is 3.61. The SMILES string of the molecule is CC.Cc1ccc2c(c1)C(C)(C)c1cc3c(cc1-2)C(C)(C)c1cc(-c2nc(-c4cccc5ccncc45)nc(-c4cccc5ccncc45)n2)c2ccccc2c1-3. The first-order valence-electron chi connectivity index (χ1n) is 20.0. The molecule has 2 aliphatic carbocycles. The molecule has 0 N–H and O–H groups in total. The lowest BCUT2D eigenvalue weighted by molar-refractivity contribution is 0.652. The van der Waals surface area contributed by atoms with Crippen molar-refractivity contribution in [2.45, 2.75) is 59.3 Å². The van der Waals surface area contributed by atoms with Gasteiger partial charge in [-0.1, -0.05) is 126 Å².